The molecule has 2 rings (SSSR count). The summed E-state index contributed by atoms with van der Waals surface area (Å²) in [5.41, 5.74) is 0.761. The first-order valence-corrected chi connectivity index (χ1v) is 5.66. The molecule has 0 bridgehead atoms. The molecule has 1 N–H and O–H groups in total. The molecule has 0 saturated heterocycles. The van der Waals surface area contributed by atoms with E-state index in [2.05, 4.69) is 31.4 Å². The predicted octanol–water partition coefficient (Wildman–Crippen LogP) is 0.739. The smallest absolute Gasteiger partial charge is 0.233 e. The van der Waals surface area contributed by atoms with Gasteiger partial charge in [0.1, 0.15) is 6.04 Å². The third-order valence-corrected chi connectivity index (χ3v) is 2.40. The Morgan fingerprint density at radius 2 is 2.11 bits per heavy atom. The highest BCUT2D eigenvalue weighted by atomic mass is 16.5. The van der Waals surface area contributed by atoms with Gasteiger partial charge in [-0.1, -0.05) is 5.92 Å². The molecule has 6 heteroatoms. The van der Waals surface area contributed by atoms with Gasteiger partial charge in [0.25, 0.3) is 0 Å². The summed E-state index contributed by atoms with van der Waals surface area (Å²) in [5, 5.41) is 11.0. The van der Waals surface area contributed by atoms with Gasteiger partial charge in [0.2, 0.25) is 5.88 Å². The van der Waals surface area contributed by atoms with Crippen molar-refractivity contribution >= 4 is 0 Å². The van der Waals surface area contributed by atoms with E-state index in [1.165, 1.54) is 0 Å². The minimum atomic E-state index is -0.356. The maximum Gasteiger partial charge on any atom is 0.233 e. The van der Waals surface area contributed by atoms with Gasteiger partial charge in [-0.05, 0) is 12.1 Å². The molecule has 6 nitrogen and oxygen atoms in total. The highest BCUT2D eigenvalue weighted by molar-refractivity contribution is 5.14. The van der Waals surface area contributed by atoms with Crippen LogP contribution in [0.1, 0.15) is 17.6 Å². The van der Waals surface area contributed by atoms with Crippen LogP contribution in [0.3, 0.4) is 0 Å². The molecule has 0 aliphatic heterocycles. The highest BCUT2D eigenvalue weighted by Gasteiger charge is 2.10. The molecule has 96 valence electrons. The van der Waals surface area contributed by atoms with E-state index in [0.29, 0.717) is 18.2 Å². The van der Waals surface area contributed by atoms with Crippen LogP contribution in [-0.2, 0) is 6.54 Å². The normalized spacial score (nSPS) is 11.6. The molecule has 0 radical (unpaired) electrons. The molecule has 0 aliphatic rings. The Bertz CT molecular complexity index is 549. The van der Waals surface area contributed by atoms with Crippen LogP contribution in [0.4, 0.5) is 0 Å². The highest BCUT2D eigenvalue weighted by Crippen LogP contribution is 2.07. The van der Waals surface area contributed by atoms with Crippen molar-refractivity contribution in [2.45, 2.75) is 12.6 Å². The third-order valence-electron chi connectivity index (χ3n) is 2.40. The van der Waals surface area contributed by atoms with Gasteiger partial charge in [-0.2, -0.15) is 5.10 Å². The van der Waals surface area contributed by atoms with Gasteiger partial charge in [-0.25, -0.2) is 9.97 Å². The van der Waals surface area contributed by atoms with Crippen LogP contribution in [0.25, 0.3) is 0 Å². The number of nitrogens with zero attached hydrogens (tertiary/aromatic N) is 4. The first-order valence-electron chi connectivity index (χ1n) is 5.66. The van der Waals surface area contributed by atoms with Crippen LogP contribution >= 0.6 is 0 Å². The standard InChI is InChI=1S/C13H13N5O/c1-3-11(13-14-7-4-8-15-13)16-9-10-5-6-12(19-2)18-17-10/h1,4-8,11,16H,9H2,2H3/t11-/m1/s1. The molecule has 0 aromatic carbocycles. The average Bonchev–Trinajstić information content (AvgIpc) is 2.49. The van der Waals surface area contributed by atoms with E-state index < -0.39 is 0 Å². The van der Waals surface area contributed by atoms with Crippen LogP contribution in [0.2, 0.25) is 0 Å². The molecule has 0 saturated carbocycles. The molecule has 2 aromatic heterocycles. The summed E-state index contributed by atoms with van der Waals surface area (Å²) in [6.45, 7) is 0.476. The predicted molar refractivity (Wildman–Crippen MR) is 69.0 cm³/mol. The topological polar surface area (TPSA) is 72.8 Å². The van der Waals surface area contributed by atoms with Gasteiger partial charge in [-0.15, -0.1) is 11.5 Å². The van der Waals surface area contributed by atoms with Crippen molar-refractivity contribution in [1.29, 1.82) is 0 Å². The van der Waals surface area contributed by atoms with Crippen molar-refractivity contribution in [2.75, 3.05) is 7.11 Å². The molecule has 2 heterocycles. The lowest BCUT2D eigenvalue weighted by Crippen LogP contribution is -2.22. The second-order valence-electron chi connectivity index (χ2n) is 3.65. The van der Waals surface area contributed by atoms with Gasteiger partial charge in [-0.3, -0.25) is 5.32 Å². The van der Waals surface area contributed by atoms with E-state index in [1.807, 2.05) is 6.07 Å². The van der Waals surface area contributed by atoms with E-state index in [-0.39, 0.29) is 6.04 Å². The van der Waals surface area contributed by atoms with Crippen molar-refractivity contribution in [1.82, 2.24) is 25.5 Å². The summed E-state index contributed by atoms with van der Waals surface area (Å²) in [4.78, 5) is 8.23. The minimum absolute atomic E-state index is 0.356. The quantitative estimate of drug-likeness (QED) is 0.794. The average molecular weight is 255 g/mol. The summed E-state index contributed by atoms with van der Waals surface area (Å²) < 4.78 is 4.94. The summed E-state index contributed by atoms with van der Waals surface area (Å²) in [5.74, 6) is 3.64. The zero-order valence-electron chi connectivity index (χ0n) is 10.4. The second-order valence-corrected chi connectivity index (χ2v) is 3.65. The zero-order chi connectivity index (χ0) is 13.5. The van der Waals surface area contributed by atoms with Gasteiger partial charge in [0.05, 0.1) is 12.8 Å². The van der Waals surface area contributed by atoms with Crippen molar-refractivity contribution in [2.24, 2.45) is 0 Å². The Balaban J connectivity index is 1.98. The van der Waals surface area contributed by atoms with E-state index in [9.17, 15) is 0 Å². The molecule has 0 spiro atoms. The Hall–Kier alpha value is -2.52. The van der Waals surface area contributed by atoms with E-state index in [1.54, 1.807) is 31.6 Å². The molecule has 19 heavy (non-hydrogen) atoms. The lowest BCUT2D eigenvalue weighted by molar-refractivity contribution is 0.390. The van der Waals surface area contributed by atoms with Gasteiger partial charge in [0, 0.05) is 25.0 Å². The first-order chi connectivity index (χ1) is 9.33. The second kappa shape index (κ2) is 6.42. The molecular weight excluding hydrogens is 242 g/mol. The molecule has 0 amide bonds. The van der Waals surface area contributed by atoms with Gasteiger partial charge < -0.3 is 4.74 Å². The lowest BCUT2D eigenvalue weighted by Gasteiger charge is -2.10. The van der Waals surface area contributed by atoms with Crippen LogP contribution in [0, 0.1) is 12.3 Å². The van der Waals surface area contributed by atoms with Crippen molar-refractivity contribution in [3.05, 3.63) is 42.1 Å². The summed E-state index contributed by atoms with van der Waals surface area (Å²) in [7, 11) is 1.54. The lowest BCUT2D eigenvalue weighted by atomic mass is 10.2. The zero-order valence-corrected chi connectivity index (χ0v) is 10.4. The Labute approximate surface area is 111 Å². The molecular formula is C13H13N5O. The van der Waals surface area contributed by atoms with Crippen molar-refractivity contribution in [3.8, 4) is 18.2 Å². The molecule has 2 aromatic rings. The van der Waals surface area contributed by atoms with Crippen LogP contribution < -0.4 is 10.1 Å². The maximum atomic E-state index is 5.47. The third kappa shape index (κ3) is 3.47. The van der Waals surface area contributed by atoms with E-state index in [0.717, 1.165) is 5.69 Å². The SMILES string of the molecule is C#C[C@@H](NCc1ccc(OC)nn1)c1ncccn1. The molecule has 1 atom stereocenters. The summed E-state index contributed by atoms with van der Waals surface area (Å²) >= 11 is 0. The Morgan fingerprint density at radius 3 is 2.68 bits per heavy atom. The number of hydrogen-bond donors (Lipinski definition) is 1. The molecule has 0 unspecified atom stereocenters. The number of rotatable bonds is 5. The van der Waals surface area contributed by atoms with Crippen LogP contribution in [0.5, 0.6) is 5.88 Å². The number of ether oxygens (including phenoxy) is 1. The number of methoxy groups -OCH3 is 1. The fraction of sp³-hybridized carbons (Fsp3) is 0.231. The fourth-order valence-electron chi connectivity index (χ4n) is 1.44. The number of nitrogens with one attached hydrogen (secondary N) is 1. The number of terminal acetylenes is 1. The van der Waals surface area contributed by atoms with Crippen molar-refractivity contribution in [3.63, 3.8) is 0 Å². The Kier molecular flexibility index (Phi) is 4.37. The summed E-state index contributed by atoms with van der Waals surface area (Å²) in [6, 6.07) is 4.95. The van der Waals surface area contributed by atoms with Crippen molar-refractivity contribution < 1.29 is 4.74 Å². The first kappa shape index (κ1) is 12.9. The monoisotopic (exact) mass is 255 g/mol. The fourth-order valence-corrected chi connectivity index (χ4v) is 1.44. The van der Waals surface area contributed by atoms with E-state index in [4.69, 9.17) is 11.2 Å². The van der Waals surface area contributed by atoms with E-state index >= 15 is 0 Å². The number of aromatic nitrogens is 4. The number of hydrogen-bond acceptors (Lipinski definition) is 6. The summed E-state index contributed by atoms with van der Waals surface area (Å²) in [6.07, 6.45) is 8.77. The Morgan fingerprint density at radius 1 is 1.32 bits per heavy atom. The molecule has 0 fully saturated rings. The van der Waals surface area contributed by atoms with Gasteiger partial charge >= 0.3 is 0 Å². The minimum Gasteiger partial charge on any atom is -0.480 e. The molecule has 0 aliphatic carbocycles. The van der Waals surface area contributed by atoms with Crippen LogP contribution in [-0.4, -0.2) is 27.3 Å². The van der Waals surface area contributed by atoms with Crippen LogP contribution in [0.15, 0.2) is 30.6 Å². The van der Waals surface area contributed by atoms with Gasteiger partial charge in [0.15, 0.2) is 5.82 Å². The maximum absolute atomic E-state index is 5.47. The largest absolute Gasteiger partial charge is 0.480 e.